The second-order valence-electron chi connectivity index (χ2n) is 9.21. The van der Waals surface area contributed by atoms with Gasteiger partial charge < -0.3 is 20.3 Å². The zero-order valence-electron chi connectivity index (χ0n) is 18.7. The third kappa shape index (κ3) is 4.56. The minimum Gasteiger partial charge on any atom is -0.462 e. The zero-order chi connectivity index (χ0) is 22.2. The van der Waals surface area contributed by atoms with Crippen molar-refractivity contribution in [2.24, 2.45) is 5.92 Å². The number of para-hydroxylation sites is 2. The normalized spacial score (nSPS) is 19.1. The van der Waals surface area contributed by atoms with E-state index in [9.17, 15) is 9.59 Å². The number of fused-ring (bicyclic) bond motifs is 2. The molecule has 0 saturated heterocycles. The highest BCUT2D eigenvalue weighted by atomic mass is 32.1. The van der Waals surface area contributed by atoms with Gasteiger partial charge in [-0.2, -0.15) is 0 Å². The quantitative estimate of drug-likeness (QED) is 0.658. The van der Waals surface area contributed by atoms with Crippen molar-refractivity contribution in [2.75, 3.05) is 35.2 Å². The highest BCUT2D eigenvalue weighted by Crippen LogP contribution is 2.40. The number of nitrogens with zero attached hydrogens (tertiary/aromatic N) is 1. The molecule has 1 amide bonds. The van der Waals surface area contributed by atoms with Gasteiger partial charge in [-0.25, -0.2) is 4.79 Å². The predicted octanol–water partition coefficient (Wildman–Crippen LogP) is 4.70. The summed E-state index contributed by atoms with van der Waals surface area (Å²) in [7, 11) is 0. The summed E-state index contributed by atoms with van der Waals surface area (Å²) in [6.07, 6.45) is 2.86. The largest absolute Gasteiger partial charge is 0.462 e. The number of hydrogen-bond acceptors (Lipinski definition) is 6. The summed E-state index contributed by atoms with van der Waals surface area (Å²) in [5.74, 6) is 0.132. The smallest absolute Gasteiger partial charge is 0.341 e. The summed E-state index contributed by atoms with van der Waals surface area (Å²) in [4.78, 5) is 29.1. The maximum atomic E-state index is 13.1. The summed E-state index contributed by atoms with van der Waals surface area (Å²) in [6, 6.07) is 8.04. The molecule has 1 aromatic carbocycles. The first-order valence-electron chi connectivity index (χ1n) is 11.0. The lowest BCUT2D eigenvalue weighted by molar-refractivity contribution is -0.115. The molecule has 2 aliphatic rings. The summed E-state index contributed by atoms with van der Waals surface area (Å²) in [5.41, 5.74) is 3.51. The van der Waals surface area contributed by atoms with Crippen molar-refractivity contribution in [3.05, 3.63) is 40.3 Å². The summed E-state index contributed by atoms with van der Waals surface area (Å²) < 4.78 is 5.32. The Bertz CT molecular complexity index is 998. The van der Waals surface area contributed by atoms with E-state index in [1.807, 2.05) is 24.3 Å². The Kier molecular flexibility index (Phi) is 5.97. The first-order chi connectivity index (χ1) is 14.8. The lowest BCUT2D eigenvalue weighted by atomic mass is 9.88. The topological polar surface area (TPSA) is 70.7 Å². The van der Waals surface area contributed by atoms with Crippen LogP contribution >= 0.6 is 11.3 Å². The van der Waals surface area contributed by atoms with Gasteiger partial charge in [0.1, 0.15) is 5.00 Å². The van der Waals surface area contributed by atoms with Gasteiger partial charge in [0.2, 0.25) is 5.91 Å². The van der Waals surface area contributed by atoms with Gasteiger partial charge >= 0.3 is 5.97 Å². The molecule has 31 heavy (non-hydrogen) atoms. The fraction of sp³-hybridized carbons (Fsp3) is 0.500. The van der Waals surface area contributed by atoms with Gasteiger partial charge in [0.15, 0.2) is 0 Å². The van der Waals surface area contributed by atoms with Crippen LogP contribution in [0.2, 0.25) is 0 Å². The molecule has 4 rings (SSSR count). The molecule has 0 radical (unpaired) electrons. The molecule has 0 saturated carbocycles. The van der Waals surface area contributed by atoms with E-state index in [1.54, 1.807) is 6.92 Å². The van der Waals surface area contributed by atoms with E-state index < -0.39 is 0 Å². The van der Waals surface area contributed by atoms with Gasteiger partial charge in [0.25, 0.3) is 0 Å². The number of carbonyl (C=O) groups excluding carboxylic acids is 2. The molecule has 2 N–H and O–H groups in total. The van der Waals surface area contributed by atoms with Gasteiger partial charge in [-0.3, -0.25) is 4.79 Å². The minimum atomic E-state index is -0.335. The second-order valence-corrected chi connectivity index (χ2v) is 10.3. The predicted molar refractivity (Wildman–Crippen MR) is 126 cm³/mol. The van der Waals surface area contributed by atoms with Crippen molar-refractivity contribution in [3.8, 4) is 0 Å². The molecular formula is C24H31N3O3S. The van der Waals surface area contributed by atoms with Crippen molar-refractivity contribution in [2.45, 2.75) is 52.5 Å². The van der Waals surface area contributed by atoms with Crippen molar-refractivity contribution < 1.29 is 14.3 Å². The van der Waals surface area contributed by atoms with Crippen molar-refractivity contribution in [3.63, 3.8) is 0 Å². The van der Waals surface area contributed by atoms with Crippen molar-refractivity contribution in [1.29, 1.82) is 0 Å². The van der Waals surface area contributed by atoms with Crippen LogP contribution in [0.3, 0.4) is 0 Å². The molecule has 0 spiro atoms. The number of nitrogens with one attached hydrogen (secondary N) is 2. The molecule has 1 aromatic heterocycles. The SMILES string of the molecule is CCOC(=O)c1c(NC(=O)CN2CC(C)(C)Nc3ccccc32)sc2c1CCC(C)C2. The monoisotopic (exact) mass is 441 g/mol. The van der Waals surface area contributed by atoms with Gasteiger partial charge in [0, 0.05) is 17.0 Å². The van der Waals surface area contributed by atoms with E-state index in [2.05, 4.69) is 36.3 Å². The number of rotatable bonds is 5. The van der Waals surface area contributed by atoms with Crippen LogP contribution in [-0.4, -0.2) is 37.1 Å². The number of esters is 1. The van der Waals surface area contributed by atoms with E-state index in [0.29, 0.717) is 29.6 Å². The molecule has 1 unspecified atom stereocenters. The van der Waals surface area contributed by atoms with Gasteiger partial charge in [-0.1, -0.05) is 19.1 Å². The zero-order valence-corrected chi connectivity index (χ0v) is 19.5. The molecule has 1 atom stereocenters. The van der Waals surface area contributed by atoms with Crippen LogP contribution in [-0.2, 0) is 22.4 Å². The third-order valence-electron chi connectivity index (χ3n) is 5.88. The molecule has 7 heteroatoms. The van der Waals surface area contributed by atoms with Crippen LogP contribution in [0.25, 0.3) is 0 Å². The number of benzene rings is 1. The molecule has 166 valence electrons. The standard InChI is InChI=1S/C24H31N3O3S/c1-5-30-23(29)21-16-11-10-15(2)12-19(16)31-22(21)25-20(28)13-27-14-24(3,4)26-17-8-6-7-9-18(17)27/h6-9,15,26H,5,10-14H2,1-4H3,(H,25,28). The summed E-state index contributed by atoms with van der Waals surface area (Å²) in [6.45, 7) is 9.54. The number of carbonyl (C=O) groups is 2. The number of hydrogen-bond donors (Lipinski definition) is 2. The minimum absolute atomic E-state index is 0.121. The first kappa shape index (κ1) is 21.7. The molecule has 1 aliphatic heterocycles. The highest BCUT2D eigenvalue weighted by Gasteiger charge is 2.32. The van der Waals surface area contributed by atoms with E-state index >= 15 is 0 Å². The van der Waals surface area contributed by atoms with Crippen molar-refractivity contribution in [1.82, 2.24) is 0 Å². The van der Waals surface area contributed by atoms with Crippen molar-refractivity contribution >= 4 is 39.6 Å². The van der Waals surface area contributed by atoms with Crippen LogP contribution in [0.1, 0.15) is 54.9 Å². The first-order valence-corrected chi connectivity index (χ1v) is 11.8. The van der Waals surface area contributed by atoms with Crippen LogP contribution in [0.5, 0.6) is 0 Å². The van der Waals surface area contributed by atoms with Crippen LogP contribution in [0.15, 0.2) is 24.3 Å². The lowest BCUT2D eigenvalue weighted by Gasteiger charge is -2.41. The third-order valence-corrected chi connectivity index (χ3v) is 7.05. The summed E-state index contributed by atoms with van der Waals surface area (Å²) in [5, 5.41) is 7.21. The molecule has 0 fully saturated rings. The molecule has 2 aromatic rings. The Morgan fingerprint density at radius 1 is 1.32 bits per heavy atom. The van der Waals surface area contributed by atoms with E-state index in [0.717, 1.165) is 36.2 Å². The van der Waals surface area contributed by atoms with Crippen LogP contribution in [0.4, 0.5) is 16.4 Å². The highest BCUT2D eigenvalue weighted by molar-refractivity contribution is 7.17. The Morgan fingerprint density at radius 3 is 2.87 bits per heavy atom. The number of anilines is 3. The maximum absolute atomic E-state index is 13.1. The van der Waals surface area contributed by atoms with E-state index in [1.165, 1.54) is 16.2 Å². The van der Waals surface area contributed by atoms with Gasteiger partial charge in [-0.05, 0) is 63.6 Å². The molecule has 6 nitrogen and oxygen atoms in total. The summed E-state index contributed by atoms with van der Waals surface area (Å²) >= 11 is 1.53. The fourth-order valence-corrected chi connectivity index (χ4v) is 5.98. The van der Waals surface area contributed by atoms with Crippen LogP contribution < -0.4 is 15.5 Å². The average molecular weight is 442 g/mol. The Labute approximate surface area is 188 Å². The maximum Gasteiger partial charge on any atom is 0.341 e. The van der Waals surface area contributed by atoms with E-state index in [-0.39, 0.29) is 24.0 Å². The fourth-order valence-electron chi connectivity index (χ4n) is 4.56. The number of thiophene rings is 1. The van der Waals surface area contributed by atoms with Crippen LogP contribution in [0, 0.1) is 5.92 Å². The molecule has 0 bridgehead atoms. The van der Waals surface area contributed by atoms with Gasteiger partial charge in [0.05, 0.1) is 30.1 Å². The number of amides is 1. The Hall–Kier alpha value is -2.54. The molecule has 2 heterocycles. The molecule has 1 aliphatic carbocycles. The van der Waals surface area contributed by atoms with E-state index in [4.69, 9.17) is 4.74 Å². The Balaban J connectivity index is 1.57. The van der Waals surface area contributed by atoms with Gasteiger partial charge in [-0.15, -0.1) is 11.3 Å². The average Bonchev–Trinajstić information content (AvgIpc) is 3.03. The second kappa shape index (κ2) is 8.54. The number of ether oxygens (including phenoxy) is 1. The molecular weight excluding hydrogens is 410 g/mol. The lowest BCUT2D eigenvalue weighted by Crippen LogP contribution is -2.50. The Morgan fingerprint density at radius 2 is 2.10 bits per heavy atom.